The minimum Gasteiger partial charge on any atom is -0.480 e. The van der Waals surface area contributed by atoms with Gasteiger partial charge in [-0.1, -0.05) is 0 Å². The Balaban J connectivity index is 0. The number of nitrogens with two attached hydrogens (primary N) is 3. The van der Waals surface area contributed by atoms with Crippen molar-refractivity contribution in [1.29, 1.82) is 0 Å². The van der Waals surface area contributed by atoms with Gasteiger partial charge >= 0.3 is 5.97 Å². The summed E-state index contributed by atoms with van der Waals surface area (Å²) in [6, 6.07) is -3.49. The van der Waals surface area contributed by atoms with Gasteiger partial charge in [0, 0.05) is 12.0 Å². The van der Waals surface area contributed by atoms with E-state index in [0.717, 1.165) is 0 Å². The molecule has 0 aliphatic carbocycles. The molecule has 7 N–H and O–H groups in total. The van der Waals surface area contributed by atoms with Gasteiger partial charge in [-0.15, -0.1) is 12.4 Å². The van der Waals surface area contributed by atoms with E-state index in [0.29, 0.717) is 0 Å². The van der Waals surface area contributed by atoms with Gasteiger partial charge in [0.2, 0.25) is 0 Å². The Morgan fingerprint density at radius 3 is 2.77 bits per heavy atom. The smallest absolute Gasteiger partial charge is 0.320 e. The number of carbonyl (C=O) groups is 1. The second-order valence-corrected chi connectivity index (χ2v) is 1.70. The molecular weight excluding hydrogens is 196 g/mol. The fourth-order valence-electron chi connectivity index (χ4n) is 0.308. The Morgan fingerprint density at radius 1 is 1.77 bits per heavy atom. The monoisotopic (exact) mass is 217 g/mol. The van der Waals surface area contributed by atoms with Crippen molar-refractivity contribution in [2.75, 3.05) is 6.54 Å². The lowest BCUT2D eigenvalue weighted by Crippen LogP contribution is -2.30. The molecule has 0 aliphatic rings. The lowest BCUT2D eigenvalue weighted by molar-refractivity contribution is -0.138. The zero-order valence-electron chi connectivity index (χ0n) is 13.5. The molecule has 0 aromatic carbocycles. The van der Waals surface area contributed by atoms with Crippen LogP contribution in [-0.2, 0) is 4.79 Å². The predicted octanol–water partition coefficient (Wildman–Crippen LogP) is -1.13. The lowest BCUT2D eigenvalue weighted by Gasteiger charge is -2.03. The van der Waals surface area contributed by atoms with Gasteiger partial charge in [0.25, 0.3) is 0 Å². The van der Waals surface area contributed by atoms with Crippen molar-refractivity contribution in [2.45, 2.75) is 18.8 Å². The molecular formula is C6H15ClN4O2. The molecule has 0 heterocycles. The van der Waals surface area contributed by atoms with E-state index in [9.17, 15) is 4.79 Å². The molecule has 0 unspecified atom stereocenters. The van der Waals surface area contributed by atoms with Crippen LogP contribution in [-0.4, -0.2) is 29.6 Å². The van der Waals surface area contributed by atoms with Crippen LogP contribution in [0, 0.1) is 0 Å². The average Bonchev–Trinajstić information content (AvgIpc) is 2.24. The Bertz CT molecular complexity index is 390. The van der Waals surface area contributed by atoms with Crippen LogP contribution in [0.5, 0.6) is 0 Å². The van der Waals surface area contributed by atoms with Gasteiger partial charge in [-0.05, 0) is 12.7 Å². The molecule has 0 aliphatic heterocycles. The molecule has 0 aromatic heterocycles. The third kappa shape index (κ3) is 8.90. The van der Waals surface area contributed by atoms with E-state index in [1.807, 2.05) is 0 Å². The maximum absolute atomic E-state index is 10.9. The summed E-state index contributed by atoms with van der Waals surface area (Å²) in [5.41, 5.74) is 9.21. The molecule has 0 fully saturated rings. The largest absolute Gasteiger partial charge is 0.480 e. The number of hydrogen-bond acceptors (Lipinski definition) is 3. The highest BCUT2D eigenvalue weighted by molar-refractivity contribution is 5.85. The summed E-state index contributed by atoms with van der Waals surface area (Å²) in [5, 5.41) is 8.82. The first-order chi connectivity index (χ1) is 8.30. The minimum atomic E-state index is -3.49. The first-order valence-corrected chi connectivity index (χ1v) is 2.87. The van der Waals surface area contributed by atoms with Crippen LogP contribution >= 0.6 is 12.4 Å². The normalized spacial score (nSPS) is 23.9. The first-order valence-electron chi connectivity index (χ1n) is 6.27. The highest BCUT2D eigenvalue weighted by Crippen LogP contribution is 1.94. The van der Waals surface area contributed by atoms with Crippen molar-refractivity contribution in [3.8, 4) is 0 Å². The van der Waals surface area contributed by atoms with Crippen LogP contribution in [0.2, 0.25) is 2.82 Å². The summed E-state index contributed by atoms with van der Waals surface area (Å²) in [6.45, 7) is -0.954. The van der Waals surface area contributed by atoms with Crippen LogP contribution in [0.4, 0.5) is 0 Å². The van der Waals surface area contributed by atoms with Gasteiger partial charge < -0.3 is 22.3 Å². The Hall–Kier alpha value is -1.01. The summed E-state index contributed by atoms with van der Waals surface area (Å²) in [5.74, 6) is -2.73. The van der Waals surface area contributed by atoms with Gasteiger partial charge in [-0.2, -0.15) is 0 Å². The predicted molar refractivity (Wildman–Crippen MR) is 52.8 cm³/mol. The number of aliphatic imine (C=N–C) groups is 1. The van der Waals surface area contributed by atoms with Crippen molar-refractivity contribution >= 4 is 24.3 Å². The summed E-state index contributed by atoms with van der Waals surface area (Å²) in [7, 11) is 0. The fraction of sp³-hybridized carbons (Fsp3) is 0.667. The number of halogens is 1. The van der Waals surface area contributed by atoms with E-state index in [1.54, 1.807) is 0 Å². The van der Waals surface area contributed by atoms with Crippen LogP contribution in [0.3, 0.4) is 0 Å². The summed E-state index contributed by atoms with van der Waals surface area (Å²) < 4.78 is 51.0. The molecule has 0 saturated heterocycles. The number of carboxylic acids is 1. The summed E-state index contributed by atoms with van der Waals surface area (Å²) >= 11 is 0. The van der Waals surface area contributed by atoms with Crippen LogP contribution in [0.15, 0.2) is 4.99 Å². The molecule has 0 spiro atoms. The van der Waals surface area contributed by atoms with E-state index in [4.69, 9.17) is 26.3 Å². The molecule has 13 heavy (non-hydrogen) atoms. The van der Waals surface area contributed by atoms with Gasteiger partial charge in [-0.25, -0.2) is 0 Å². The molecule has 7 heteroatoms. The molecule has 0 bridgehead atoms. The summed E-state index contributed by atoms with van der Waals surface area (Å²) in [4.78, 5) is 14.2. The molecule has 6 nitrogen and oxygen atoms in total. The molecule has 0 saturated carbocycles. The molecule has 0 amide bonds. The minimum absolute atomic E-state index is 0. The van der Waals surface area contributed by atoms with E-state index >= 15 is 0 Å². The van der Waals surface area contributed by atoms with Gasteiger partial charge in [-0.3, -0.25) is 9.79 Å². The fourth-order valence-corrected chi connectivity index (χ4v) is 0.308. The molecule has 78 valence electrons. The third-order valence-electron chi connectivity index (χ3n) is 0.750. The average molecular weight is 218 g/mol. The topological polar surface area (TPSA) is 128 Å². The van der Waals surface area contributed by atoms with E-state index < -0.39 is 43.0 Å². The Kier molecular flexibility index (Phi) is 2.94. The quantitative estimate of drug-likeness (QED) is 0.331. The van der Waals surface area contributed by atoms with E-state index in [2.05, 4.69) is 4.99 Å². The lowest BCUT2D eigenvalue weighted by atomic mass is 10.2. The standard InChI is InChI=1S/C6H14N4O2.ClH/c7-4(5(11)12)2-1-3-10-6(8)9;/h4H,1-3,7H2,(H,11,12)(H4,8,9,10);1H/t4-;/m0./s1/i1D2,2D2,4D;/hD2. The number of nitrogens with zero attached hydrogens (tertiary/aromatic N) is 1. The SMILES string of the molecule is Cl.[2H]N([2H])[C@]([2H])(C(=O)O)C([2H])([2H])C([2H])([2H])CN=C(N)N. The highest BCUT2D eigenvalue weighted by atomic mass is 35.5. The zero-order valence-corrected chi connectivity index (χ0v) is 7.34. The molecule has 0 radical (unpaired) electrons. The van der Waals surface area contributed by atoms with Crippen molar-refractivity contribution in [3.63, 3.8) is 0 Å². The first kappa shape index (κ1) is 5.02. The van der Waals surface area contributed by atoms with Crippen LogP contribution < -0.4 is 17.2 Å². The second kappa shape index (κ2) is 7.63. The Morgan fingerprint density at radius 2 is 2.38 bits per heavy atom. The van der Waals surface area contributed by atoms with Gasteiger partial charge in [0.1, 0.15) is 8.84 Å². The molecule has 1 atom stereocenters. The third-order valence-corrected chi connectivity index (χ3v) is 0.750. The van der Waals surface area contributed by atoms with Gasteiger partial charge in [0.15, 0.2) is 5.96 Å². The van der Waals surface area contributed by atoms with Crippen LogP contribution in [0.25, 0.3) is 0 Å². The highest BCUT2D eigenvalue weighted by Gasteiger charge is 2.09. The molecule has 0 rings (SSSR count). The van der Waals surface area contributed by atoms with Crippen molar-refractivity contribution in [3.05, 3.63) is 0 Å². The zero-order chi connectivity index (χ0) is 15.6. The summed E-state index contributed by atoms with van der Waals surface area (Å²) in [6.07, 6.45) is -6.42. The van der Waals surface area contributed by atoms with Crippen LogP contribution in [0.1, 0.15) is 19.6 Å². The number of aliphatic carboxylic acids is 1. The van der Waals surface area contributed by atoms with Crippen molar-refractivity contribution < 1.29 is 19.6 Å². The van der Waals surface area contributed by atoms with Crippen molar-refractivity contribution in [2.24, 2.45) is 22.2 Å². The van der Waals surface area contributed by atoms with E-state index in [-0.39, 0.29) is 12.4 Å². The van der Waals surface area contributed by atoms with Crippen molar-refractivity contribution in [1.82, 2.24) is 0 Å². The Labute approximate surface area is 92.5 Å². The number of rotatable bonds is 6. The van der Waals surface area contributed by atoms with E-state index in [1.165, 1.54) is 0 Å². The number of hydrogen-bond donors (Lipinski definition) is 4. The van der Waals surface area contributed by atoms with Gasteiger partial charge in [0.05, 0.1) is 1.37 Å². The maximum Gasteiger partial charge on any atom is 0.320 e. The number of guanidine groups is 1. The maximum atomic E-state index is 10.9. The number of carboxylic acid groups (broad SMARTS) is 1. The second-order valence-electron chi connectivity index (χ2n) is 1.70. The molecule has 0 aromatic rings.